The van der Waals surface area contributed by atoms with Crippen LogP contribution in [0.5, 0.6) is 23.0 Å². The lowest BCUT2D eigenvalue weighted by molar-refractivity contribution is -0.384. The average Bonchev–Trinajstić information content (AvgIpc) is 3.93. The van der Waals surface area contributed by atoms with Gasteiger partial charge in [-0.05, 0) is 54.6 Å². The molecule has 0 unspecified atom stereocenters. The van der Waals surface area contributed by atoms with Gasteiger partial charge < -0.3 is 14.8 Å². The molecule has 0 saturated heterocycles. The third-order valence-corrected chi connectivity index (χ3v) is 7.85. The van der Waals surface area contributed by atoms with E-state index in [2.05, 4.69) is 35.8 Å². The predicted molar refractivity (Wildman–Crippen MR) is 182 cm³/mol. The van der Waals surface area contributed by atoms with E-state index in [9.17, 15) is 36.5 Å². The molecular weight excluding hydrogens is 740 g/mol. The molecule has 0 radical (unpaired) electrons. The second-order valence-electron chi connectivity index (χ2n) is 11.6. The zero-order chi connectivity index (χ0) is 39.3. The lowest BCUT2D eigenvalue weighted by Gasteiger charge is -2.15. The topological polar surface area (TPSA) is 166 Å². The fraction of sp³-hybridized carbons (Fsp3) is 0.176. The molecule has 21 heteroatoms. The maximum atomic E-state index is 13.1. The van der Waals surface area contributed by atoms with Crippen LogP contribution in [0.1, 0.15) is 22.3 Å². The molecule has 0 fully saturated rings. The summed E-state index contributed by atoms with van der Waals surface area (Å²) in [5.41, 5.74) is 0.490. The standard InChI is InChI=1S/C17H13F3N6O.C17H14F3N5O3/c1-25-15-7-13(3-4-14(15)23-24-25)27-16-5-2-12(17(18,19)20)6-11(16)8-26-10-21-9-22-26;1-21-14-7-13(3-4-15(14)25(26)27)28-16-5-2-12(17(18,19)20)6-11(16)8-24-10-22-9-23-24/h2-7,9-10H,8H2,1H3;2-7,9-10,21H,8H2,1H3. The van der Waals surface area contributed by atoms with Crippen molar-refractivity contribution in [1.29, 1.82) is 0 Å². The van der Waals surface area contributed by atoms with E-state index in [1.807, 2.05) is 0 Å². The summed E-state index contributed by atoms with van der Waals surface area (Å²) in [5, 5.41) is 29.5. The van der Waals surface area contributed by atoms with Crippen LogP contribution in [0.25, 0.3) is 11.0 Å². The van der Waals surface area contributed by atoms with E-state index in [1.165, 1.54) is 72.1 Å². The molecule has 7 aromatic rings. The normalized spacial score (nSPS) is 11.6. The van der Waals surface area contributed by atoms with E-state index in [0.29, 0.717) is 22.6 Å². The van der Waals surface area contributed by atoms with E-state index < -0.39 is 28.4 Å². The van der Waals surface area contributed by atoms with Crippen LogP contribution in [0.3, 0.4) is 0 Å². The van der Waals surface area contributed by atoms with E-state index in [4.69, 9.17) is 9.47 Å². The van der Waals surface area contributed by atoms with E-state index in [1.54, 1.807) is 29.9 Å². The van der Waals surface area contributed by atoms with Crippen LogP contribution in [0, 0.1) is 10.1 Å². The Balaban J connectivity index is 0.000000187. The lowest BCUT2D eigenvalue weighted by atomic mass is 10.1. The van der Waals surface area contributed by atoms with Gasteiger partial charge in [0.15, 0.2) is 0 Å². The van der Waals surface area contributed by atoms with Crippen LogP contribution in [-0.2, 0) is 32.5 Å². The molecule has 0 spiro atoms. The first kappa shape index (κ1) is 37.7. The van der Waals surface area contributed by atoms with Crippen molar-refractivity contribution in [2.24, 2.45) is 7.05 Å². The van der Waals surface area contributed by atoms with Crippen LogP contribution in [0.2, 0.25) is 0 Å². The molecule has 15 nitrogen and oxygen atoms in total. The van der Waals surface area contributed by atoms with Gasteiger partial charge in [-0.15, -0.1) is 5.10 Å². The number of ether oxygens (including phenoxy) is 2. The van der Waals surface area contributed by atoms with Crippen molar-refractivity contribution in [3.05, 3.63) is 130 Å². The second-order valence-corrected chi connectivity index (χ2v) is 11.6. The van der Waals surface area contributed by atoms with Crippen molar-refractivity contribution < 1.29 is 40.7 Å². The monoisotopic (exact) mass is 767 g/mol. The molecular formula is C34H27F6N11O4. The molecule has 0 amide bonds. The SMILES string of the molecule is CNc1cc(Oc2ccc(C(F)(F)F)cc2Cn2cncn2)ccc1[N+](=O)[O-].Cn1nnc2ccc(Oc3ccc(C(F)(F)F)cc3Cn3cncn3)cc21. The summed E-state index contributed by atoms with van der Waals surface area (Å²) in [7, 11) is 3.26. The maximum absolute atomic E-state index is 13.1. The predicted octanol–water partition coefficient (Wildman–Crippen LogP) is 7.51. The van der Waals surface area contributed by atoms with Gasteiger partial charge in [0.25, 0.3) is 5.69 Å². The summed E-state index contributed by atoms with van der Waals surface area (Å²) < 4.78 is 94.5. The number of anilines is 1. The molecule has 0 atom stereocenters. The number of hydrogen-bond acceptors (Lipinski definition) is 11. The van der Waals surface area contributed by atoms with Gasteiger partial charge in [0, 0.05) is 43.4 Å². The van der Waals surface area contributed by atoms with Gasteiger partial charge >= 0.3 is 12.4 Å². The fourth-order valence-electron chi connectivity index (χ4n) is 5.20. The Hall–Kier alpha value is -7.06. The highest BCUT2D eigenvalue weighted by molar-refractivity contribution is 5.76. The largest absolute Gasteiger partial charge is 0.457 e. The maximum Gasteiger partial charge on any atom is 0.416 e. The first-order valence-corrected chi connectivity index (χ1v) is 15.8. The van der Waals surface area contributed by atoms with Crippen molar-refractivity contribution in [3.63, 3.8) is 0 Å². The quantitative estimate of drug-likeness (QED) is 0.0832. The Morgan fingerprint density at radius 3 is 1.75 bits per heavy atom. The smallest absolute Gasteiger partial charge is 0.416 e. The number of fused-ring (bicyclic) bond motifs is 1. The third-order valence-electron chi connectivity index (χ3n) is 7.85. The average molecular weight is 768 g/mol. The Bertz CT molecular complexity index is 2420. The molecule has 0 aliphatic rings. The summed E-state index contributed by atoms with van der Waals surface area (Å²) in [6.45, 7) is 0.0971. The molecule has 284 valence electrons. The number of alkyl halides is 6. The molecule has 0 aliphatic heterocycles. The molecule has 0 aliphatic carbocycles. The van der Waals surface area contributed by atoms with Crippen molar-refractivity contribution in [2.75, 3.05) is 12.4 Å². The molecule has 1 N–H and O–H groups in total. The number of nitro benzene ring substituents is 1. The summed E-state index contributed by atoms with van der Waals surface area (Å²) >= 11 is 0. The molecule has 3 aromatic heterocycles. The number of rotatable bonds is 10. The zero-order valence-corrected chi connectivity index (χ0v) is 28.5. The molecule has 3 heterocycles. The lowest BCUT2D eigenvalue weighted by Crippen LogP contribution is -2.08. The first-order chi connectivity index (χ1) is 26.2. The minimum absolute atomic E-state index is 0.00508. The van der Waals surface area contributed by atoms with Gasteiger partial charge in [0.2, 0.25) is 0 Å². The Morgan fingerprint density at radius 1 is 0.745 bits per heavy atom. The molecule has 7 rings (SSSR count). The minimum atomic E-state index is -4.51. The van der Waals surface area contributed by atoms with Crippen molar-refractivity contribution >= 4 is 22.4 Å². The fourth-order valence-corrected chi connectivity index (χ4v) is 5.20. The van der Waals surface area contributed by atoms with Crippen LogP contribution >= 0.6 is 0 Å². The summed E-state index contributed by atoms with van der Waals surface area (Å²) in [5.74, 6) is 1.16. The number of nitro groups is 1. The van der Waals surface area contributed by atoms with Gasteiger partial charge in [-0.2, -0.15) is 36.5 Å². The molecule has 0 bridgehead atoms. The Kier molecular flexibility index (Phi) is 10.6. The Labute approximate surface area is 305 Å². The van der Waals surface area contributed by atoms with Crippen LogP contribution in [0.4, 0.5) is 37.7 Å². The highest BCUT2D eigenvalue weighted by atomic mass is 19.4. The Morgan fingerprint density at radius 2 is 1.27 bits per heavy atom. The van der Waals surface area contributed by atoms with Crippen LogP contribution < -0.4 is 14.8 Å². The number of benzene rings is 4. The summed E-state index contributed by atoms with van der Waals surface area (Å²) in [6.07, 6.45) is -3.58. The van der Waals surface area contributed by atoms with Crippen LogP contribution in [-0.4, -0.2) is 56.5 Å². The van der Waals surface area contributed by atoms with Gasteiger partial charge in [-0.3, -0.25) is 10.1 Å². The number of aryl methyl sites for hydroxylation is 1. The second kappa shape index (κ2) is 15.5. The molecule has 55 heavy (non-hydrogen) atoms. The first-order valence-electron chi connectivity index (χ1n) is 15.8. The van der Waals surface area contributed by atoms with Gasteiger partial charge in [-0.1, -0.05) is 5.21 Å². The number of nitrogens with one attached hydrogen (secondary N) is 1. The van der Waals surface area contributed by atoms with Gasteiger partial charge in [-0.25, -0.2) is 24.0 Å². The van der Waals surface area contributed by atoms with E-state index >= 15 is 0 Å². The number of halogens is 6. The number of aromatic nitrogens is 9. The van der Waals surface area contributed by atoms with Crippen molar-refractivity contribution in [2.45, 2.75) is 25.4 Å². The van der Waals surface area contributed by atoms with E-state index in [-0.39, 0.29) is 41.5 Å². The zero-order valence-electron chi connectivity index (χ0n) is 28.5. The molecule has 4 aromatic carbocycles. The van der Waals surface area contributed by atoms with Crippen molar-refractivity contribution in [1.82, 2.24) is 44.5 Å². The third kappa shape index (κ3) is 9.12. The summed E-state index contributed by atoms with van der Waals surface area (Å²) in [6, 6.07) is 15.6. The number of nitrogens with zero attached hydrogens (tertiary/aromatic N) is 10. The highest BCUT2D eigenvalue weighted by Crippen LogP contribution is 2.37. The van der Waals surface area contributed by atoms with E-state index in [0.717, 1.165) is 29.8 Å². The summed E-state index contributed by atoms with van der Waals surface area (Å²) in [4.78, 5) is 18.0. The van der Waals surface area contributed by atoms with Gasteiger partial charge in [0.05, 0.1) is 34.7 Å². The highest BCUT2D eigenvalue weighted by Gasteiger charge is 2.32. The minimum Gasteiger partial charge on any atom is -0.457 e. The number of hydrogen-bond donors (Lipinski definition) is 1. The van der Waals surface area contributed by atoms with Gasteiger partial charge in [0.1, 0.15) is 59.5 Å². The molecule has 0 saturated carbocycles. The van der Waals surface area contributed by atoms with Crippen molar-refractivity contribution in [3.8, 4) is 23.0 Å². The van der Waals surface area contributed by atoms with Crippen LogP contribution in [0.15, 0.2) is 98.1 Å².